The highest BCUT2D eigenvalue weighted by molar-refractivity contribution is 5.99. The smallest absolute Gasteiger partial charge is 0.172 e. The average molecular weight is 279 g/mol. The Morgan fingerprint density at radius 2 is 1.75 bits per heavy atom. The van der Waals surface area contributed by atoms with Crippen molar-refractivity contribution in [2.75, 3.05) is 0 Å². The van der Waals surface area contributed by atoms with Crippen molar-refractivity contribution in [3.05, 3.63) is 29.3 Å². The number of pyridine rings is 1. The van der Waals surface area contributed by atoms with Crippen molar-refractivity contribution in [2.45, 2.75) is 60.8 Å². The van der Waals surface area contributed by atoms with Gasteiger partial charge in [-0.1, -0.05) is 41.5 Å². The molecule has 0 spiro atoms. The van der Waals surface area contributed by atoms with Crippen molar-refractivity contribution in [1.82, 2.24) is 4.98 Å². The largest absolute Gasteiger partial charge is 0.293 e. The van der Waals surface area contributed by atoms with Gasteiger partial charge >= 0.3 is 0 Å². The summed E-state index contributed by atoms with van der Waals surface area (Å²) in [5, 5.41) is 0. The number of rotatable bonds is 4. The van der Waals surface area contributed by atoms with E-state index in [1.165, 1.54) is 12.4 Å². The first-order valence-electron chi connectivity index (χ1n) is 7.19. The van der Waals surface area contributed by atoms with Crippen LogP contribution in [0.1, 0.15) is 70.3 Å². The van der Waals surface area contributed by atoms with Crippen LogP contribution in [0.3, 0.4) is 0 Å². The molecule has 0 radical (unpaired) electrons. The van der Waals surface area contributed by atoms with Crippen molar-refractivity contribution in [3.63, 3.8) is 0 Å². The molecule has 0 fully saturated rings. The van der Waals surface area contributed by atoms with Crippen LogP contribution in [0.15, 0.2) is 12.4 Å². The minimum absolute atomic E-state index is 0.116. The number of hydrogen-bond donors (Lipinski definition) is 0. The molecule has 0 aromatic carbocycles. The maximum absolute atomic E-state index is 14.4. The Balaban J connectivity index is 2.88. The van der Waals surface area contributed by atoms with Crippen LogP contribution in [0.25, 0.3) is 0 Å². The van der Waals surface area contributed by atoms with Crippen molar-refractivity contribution < 1.29 is 9.18 Å². The third-order valence-corrected chi connectivity index (χ3v) is 3.25. The quantitative estimate of drug-likeness (QED) is 0.740. The fourth-order valence-corrected chi connectivity index (χ4v) is 2.03. The minimum atomic E-state index is -0.591. The van der Waals surface area contributed by atoms with Crippen molar-refractivity contribution in [2.24, 2.45) is 10.8 Å². The first-order valence-corrected chi connectivity index (χ1v) is 7.19. The van der Waals surface area contributed by atoms with Gasteiger partial charge in [-0.25, -0.2) is 4.39 Å². The Morgan fingerprint density at radius 3 is 2.25 bits per heavy atom. The molecule has 1 aromatic heterocycles. The second kappa shape index (κ2) is 6.02. The number of hydrogen-bond acceptors (Lipinski definition) is 2. The van der Waals surface area contributed by atoms with Gasteiger partial charge in [0.05, 0.1) is 5.56 Å². The summed E-state index contributed by atoms with van der Waals surface area (Å²) < 4.78 is 14.4. The predicted molar refractivity (Wildman–Crippen MR) is 80.4 cm³/mol. The van der Waals surface area contributed by atoms with Gasteiger partial charge in [-0.15, -0.1) is 0 Å². The van der Waals surface area contributed by atoms with E-state index >= 15 is 0 Å². The first-order chi connectivity index (χ1) is 9.02. The molecule has 0 atom stereocenters. The highest BCUT2D eigenvalue weighted by atomic mass is 19.1. The molecular formula is C17H26FNO. The molecule has 0 N–H and O–H groups in total. The molecule has 1 heterocycles. The third-order valence-electron chi connectivity index (χ3n) is 3.25. The standard InChI is InChI=1S/C17H26FNO/c1-16(2,3)9-7-8-12-10-19-11-13(14(12)18)15(20)17(4,5)6/h10-11H,7-9H2,1-6H3. The molecular weight excluding hydrogens is 253 g/mol. The van der Waals surface area contributed by atoms with Gasteiger partial charge in [0, 0.05) is 23.4 Å². The lowest BCUT2D eigenvalue weighted by molar-refractivity contribution is 0.0853. The Morgan fingerprint density at radius 1 is 1.15 bits per heavy atom. The molecule has 112 valence electrons. The highest BCUT2D eigenvalue weighted by Crippen LogP contribution is 2.26. The van der Waals surface area contributed by atoms with Gasteiger partial charge in [-0.3, -0.25) is 9.78 Å². The maximum Gasteiger partial charge on any atom is 0.172 e. The molecule has 1 aromatic rings. The van der Waals surface area contributed by atoms with Crippen molar-refractivity contribution in [3.8, 4) is 0 Å². The van der Waals surface area contributed by atoms with Crippen LogP contribution in [0.4, 0.5) is 4.39 Å². The first kappa shape index (κ1) is 16.8. The van der Waals surface area contributed by atoms with Gasteiger partial charge in [-0.2, -0.15) is 0 Å². The Hall–Kier alpha value is -1.25. The zero-order valence-corrected chi connectivity index (χ0v) is 13.5. The van der Waals surface area contributed by atoms with Gasteiger partial charge in [0.15, 0.2) is 5.78 Å². The Kier molecular flexibility index (Phi) is 5.06. The summed E-state index contributed by atoms with van der Waals surface area (Å²) in [5.74, 6) is -0.589. The Labute approximate surface area is 121 Å². The minimum Gasteiger partial charge on any atom is -0.293 e. The summed E-state index contributed by atoms with van der Waals surface area (Å²) in [5.41, 5.74) is 0.310. The lowest BCUT2D eigenvalue weighted by Crippen LogP contribution is -2.22. The summed E-state index contributed by atoms with van der Waals surface area (Å²) in [6, 6.07) is 0. The summed E-state index contributed by atoms with van der Waals surface area (Å²) in [6.45, 7) is 11.9. The van der Waals surface area contributed by atoms with E-state index in [0.29, 0.717) is 12.0 Å². The average Bonchev–Trinajstić information content (AvgIpc) is 2.28. The molecule has 20 heavy (non-hydrogen) atoms. The molecule has 0 amide bonds. The van der Waals surface area contributed by atoms with Gasteiger partial charge in [0.1, 0.15) is 5.82 Å². The van der Waals surface area contributed by atoms with E-state index < -0.39 is 11.2 Å². The summed E-state index contributed by atoms with van der Waals surface area (Å²) >= 11 is 0. The van der Waals surface area contributed by atoms with Crippen LogP contribution >= 0.6 is 0 Å². The number of aromatic nitrogens is 1. The van der Waals surface area contributed by atoms with Gasteiger partial charge < -0.3 is 0 Å². The van der Waals surface area contributed by atoms with E-state index in [4.69, 9.17) is 0 Å². The van der Waals surface area contributed by atoms with E-state index in [1.54, 1.807) is 20.8 Å². The van der Waals surface area contributed by atoms with Gasteiger partial charge in [0.2, 0.25) is 0 Å². The lowest BCUT2D eigenvalue weighted by atomic mass is 9.86. The summed E-state index contributed by atoms with van der Waals surface area (Å²) in [6.07, 6.45) is 5.42. The monoisotopic (exact) mass is 279 g/mol. The third kappa shape index (κ3) is 4.69. The fourth-order valence-electron chi connectivity index (χ4n) is 2.03. The van der Waals surface area contributed by atoms with E-state index in [2.05, 4.69) is 25.8 Å². The van der Waals surface area contributed by atoms with Crippen LogP contribution in [-0.4, -0.2) is 10.8 Å². The number of carbonyl (C=O) groups excluding carboxylic acids is 1. The molecule has 0 saturated heterocycles. The Bertz CT molecular complexity index is 481. The number of Topliss-reactive ketones (excluding diaryl/α,β-unsaturated/α-hetero) is 1. The molecule has 0 unspecified atom stereocenters. The van der Waals surface area contributed by atoms with E-state index in [1.807, 2.05) is 0 Å². The molecule has 3 heteroatoms. The number of halogens is 1. The van der Waals surface area contributed by atoms with Gasteiger partial charge in [-0.05, 0) is 24.7 Å². The number of carbonyl (C=O) groups is 1. The van der Waals surface area contributed by atoms with E-state index in [-0.39, 0.29) is 16.8 Å². The molecule has 2 nitrogen and oxygen atoms in total. The second-order valence-corrected chi connectivity index (χ2v) is 7.65. The highest BCUT2D eigenvalue weighted by Gasteiger charge is 2.26. The maximum atomic E-state index is 14.4. The van der Waals surface area contributed by atoms with Crippen LogP contribution in [0.5, 0.6) is 0 Å². The number of ketones is 1. The molecule has 0 aliphatic carbocycles. The number of aryl methyl sites for hydroxylation is 1. The molecule has 0 bridgehead atoms. The molecule has 1 rings (SSSR count). The van der Waals surface area contributed by atoms with Crippen LogP contribution < -0.4 is 0 Å². The summed E-state index contributed by atoms with van der Waals surface area (Å²) in [4.78, 5) is 16.2. The summed E-state index contributed by atoms with van der Waals surface area (Å²) in [7, 11) is 0. The van der Waals surface area contributed by atoms with E-state index in [0.717, 1.165) is 12.8 Å². The van der Waals surface area contributed by atoms with Crippen molar-refractivity contribution >= 4 is 5.78 Å². The zero-order valence-electron chi connectivity index (χ0n) is 13.5. The zero-order chi connectivity index (χ0) is 15.6. The molecule has 0 aliphatic heterocycles. The van der Waals surface area contributed by atoms with Crippen LogP contribution in [-0.2, 0) is 6.42 Å². The topological polar surface area (TPSA) is 30.0 Å². The second-order valence-electron chi connectivity index (χ2n) is 7.65. The van der Waals surface area contributed by atoms with Crippen LogP contribution in [0, 0.1) is 16.6 Å². The SMILES string of the molecule is CC(C)(C)CCCc1cncc(C(=O)C(C)(C)C)c1F. The van der Waals surface area contributed by atoms with Crippen LogP contribution in [0.2, 0.25) is 0 Å². The van der Waals surface area contributed by atoms with E-state index in [9.17, 15) is 9.18 Å². The lowest BCUT2D eigenvalue weighted by Gasteiger charge is -2.19. The molecule has 0 saturated carbocycles. The predicted octanol–water partition coefficient (Wildman–Crippen LogP) is 4.82. The fraction of sp³-hybridized carbons (Fsp3) is 0.647. The number of nitrogens with zero attached hydrogens (tertiary/aromatic N) is 1. The van der Waals surface area contributed by atoms with Crippen molar-refractivity contribution in [1.29, 1.82) is 0 Å². The van der Waals surface area contributed by atoms with Gasteiger partial charge in [0.25, 0.3) is 0 Å². The molecule has 0 aliphatic rings. The normalized spacial score (nSPS) is 12.6.